The van der Waals surface area contributed by atoms with Crippen LogP contribution in [0.5, 0.6) is 5.75 Å². The minimum atomic E-state index is -0.540. The van der Waals surface area contributed by atoms with E-state index in [0.29, 0.717) is 61.7 Å². The molecule has 0 radical (unpaired) electrons. The number of carbonyl (C=O) groups excluding carboxylic acids is 2. The van der Waals surface area contributed by atoms with Gasteiger partial charge in [0.25, 0.3) is 0 Å². The van der Waals surface area contributed by atoms with Gasteiger partial charge in [-0.25, -0.2) is 9.78 Å². The number of fused-ring (bicyclic) bond motifs is 1. The molecule has 0 unspecified atom stereocenters. The largest absolute Gasteiger partial charge is 0.460 e. The fraction of sp³-hybridized carbons (Fsp3) is 0.379. The number of ether oxygens (including phenoxy) is 2. The molecule has 2 amide bonds. The third-order valence-corrected chi connectivity index (χ3v) is 6.88. The first-order chi connectivity index (χ1) is 18.6. The van der Waals surface area contributed by atoms with Crippen LogP contribution >= 0.6 is 0 Å². The van der Waals surface area contributed by atoms with Crippen LogP contribution in [0.25, 0.3) is 22.2 Å². The van der Waals surface area contributed by atoms with Crippen molar-refractivity contribution in [3.8, 4) is 22.9 Å². The average Bonchev–Trinajstić information content (AvgIpc) is 3.56. The van der Waals surface area contributed by atoms with Crippen LogP contribution in [-0.2, 0) is 9.53 Å². The quantitative estimate of drug-likeness (QED) is 0.476. The van der Waals surface area contributed by atoms with Crippen molar-refractivity contribution >= 4 is 28.7 Å². The molecule has 3 heterocycles. The van der Waals surface area contributed by atoms with E-state index in [-0.39, 0.29) is 17.9 Å². The SMILES string of the molecule is C=C(Oc1cc(-c2ccc(N3CCN(C(=O)OC(C)(C)C)CC3)c(C#N)c2)cc2[nH]cnc12)[C@H]1CNC(=O)C1. The molecule has 10 heteroatoms. The number of H-pyrrole nitrogens is 1. The Kier molecular flexibility index (Phi) is 6.91. The molecule has 0 aliphatic carbocycles. The molecular formula is C29H32N6O4. The molecular weight excluding hydrogens is 496 g/mol. The third kappa shape index (κ3) is 5.67. The molecule has 0 saturated carbocycles. The zero-order valence-corrected chi connectivity index (χ0v) is 22.4. The van der Waals surface area contributed by atoms with Crippen LogP contribution in [-0.4, -0.2) is 65.2 Å². The number of imidazole rings is 1. The van der Waals surface area contributed by atoms with Gasteiger partial charge in [-0.15, -0.1) is 0 Å². The molecule has 2 saturated heterocycles. The predicted molar refractivity (Wildman–Crippen MR) is 147 cm³/mol. The molecule has 2 N–H and O–H groups in total. The van der Waals surface area contributed by atoms with Crippen LogP contribution in [0.2, 0.25) is 0 Å². The van der Waals surface area contributed by atoms with Crippen molar-refractivity contribution in [2.45, 2.75) is 32.8 Å². The summed E-state index contributed by atoms with van der Waals surface area (Å²) in [5.74, 6) is 0.927. The number of nitriles is 1. The van der Waals surface area contributed by atoms with Crippen LogP contribution in [0, 0.1) is 17.2 Å². The highest BCUT2D eigenvalue weighted by atomic mass is 16.6. The molecule has 0 bridgehead atoms. The third-order valence-electron chi connectivity index (χ3n) is 6.88. The van der Waals surface area contributed by atoms with Gasteiger partial charge < -0.3 is 29.6 Å². The second-order valence-electron chi connectivity index (χ2n) is 10.8. The highest BCUT2D eigenvalue weighted by Gasteiger charge is 2.28. The van der Waals surface area contributed by atoms with Gasteiger partial charge in [-0.1, -0.05) is 12.6 Å². The molecule has 39 heavy (non-hydrogen) atoms. The molecule has 1 atom stereocenters. The highest BCUT2D eigenvalue weighted by molar-refractivity contribution is 5.88. The van der Waals surface area contributed by atoms with Crippen molar-refractivity contribution < 1.29 is 19.1 Å². The zero-order chi connectivity index (χ0) is 27.7. The molecule has 5 rings (SSSR count). The van der Waals surface area contributed by atoms with Gasteiger partial charge in [0, 0.05) is 45.1 Å². The molecule has 2 aliphatic heterocycles. The van der Waals surface area contributed by atoms with Gasteiger partial charge in [0.2, 0.25) is 5.91 Å². The van der Waals surface area contributed by atoms with Crippen molar-refractivity contribution in [1.29, 1.82) is 5.26 Å². The highest BCUT2D eigenvalue weighted by Crippen LogP contribution is 2.35. The lowest BCUT2D eigenvalue weighted by Crippen LogP contribution is -2.50. The van der Waals surface area contributed by atoms with Gasteiger partial charge in [0.05, 0.1) is 23.1 Å². The Bertz CT molecular complexity index is 1470. The summed E-state index contributed by atoms with van der Waals surface area (Å²) in [7, 11) is 0. The fourth-order valence-electron chi connectivity index (χ4n) is 4.86. The summed E-state index contributed by atoms with van der Waals surface area (Å²) in [4.78, 5) is 35.4. The molecule has 3 aromatic rings. The van der Waals surface area contributed by atoms with Crippen LogP contribution in [0.4, 0.5) is 10.5 Å². The van der Waals surface area contributed by atoms with E-state index in [2.05, 4.69) is 32.8 Å². The van der Waals surface area contributed by atoms with Gasteiger partial charge in [-0.05, 0) is 56.2 Å². The first kappa shape index (κ1) is 26.1. The van der Waals surface area contributed by atoms with Crippen molar-refractivity contribution in [3.05, 3.63) is 54.6 Å². The van der Waals surface area contributed by atoms with Gasteiger partial charge in [-0.2, -0.15) is 5.26 Å². The topological polar surface area (TPSA) is 124 Å². The Morgan fingerprint density at radius 2 is 1.92 bits per heavy atom. The number of aromatic nitrogens is 2. The molecule has 0 spiro atoms. The Hall–Kier alpha value is -4.52. The number of rotatable bonds is 5. The summed E-state index contributed by atoms with van der Waals surface area (Å²) in [6, 6.07) is 12.0. The van der Waals surface area contributed by atoms with E-state index in [1.165, 1.54) is 0 Å². The number of anilines is 1. The fourth-order valence-corrected chi connectivity index (χ4v) is 4.86. The number of nitrogens with zero attached hydrogens (tertiary/aromatic N) is 4. The summed E-state index contributed by atoms with van der Waals surface area (Å²) in [5, 5.41) is 12.8. The van der Waals surface area contributed by atoms with E-state index in [0.717, 1.165) is 22.3 Å². The molecule has 10 nitrogen and oxygen atoms in total. The minimum absolute atomic E-state index is 0.0150. The first-order valence-electron chi connectivity index (χ1n) is 13.0. The number of hydrogen-bond acceptors (Lipinski definition) is 7. The normalized spacial score (nSPS) is 17.6. The summed E-state index contributed by atoms with van der Waals surface area (Å²) >= 11 is 0. The summed E-state index contributed by atoms with van der Waals surface area (Å²) in [5.41, 5.74) is 4.00. The lowest BCUT2D eigenvalue weighted by Gasteiger charge is -2.37. The minimum Gasteiger partial charge on any atom is -0.460 e. The first-order valence-corrected chi connectivity index (χ1v) is 13.0. The number of carbonyl (C=O) groups is 2. The van der Waals surface area contributed by atoms with Crippen molar-refractivity contribution in [2.24, 2.45) is 5.92 Å². The summed E-state index contributed by atoms with van der Waals surface area (Å²) in [6.45, 7) is 12.4. The maximum absolute atomic E-state index is 12.4. The molecule has 202 valence electrons. The standard InChI is InChI=1S/C29H32N6O4/c1-18(22-14-26(36)31-16-22)38-25-13-20(12-23-27(25)33-17-32-23)19-5-6-24(21(11-19)15-30)34-7-9-35(10-8-34)28(37)39-29(2,3)4/h5-6,11-13,17,22H,1,7-10,14,16H2,2-4H3,(H,31,36)(H,32,33)/t22-/m1/s1. The average molecular weight is 529 g/mol. The van der Waals surface area contributed by atoms with Crippen LogP contribution in [0.1, 0.15) is 32.8 Å². The van der Waals surface area contributed by atoms with E-state index in [1.54, 1.807) is 11.2 Å². The number of amides is 2. The van der Waals surface area contributed by atoms with Crippen molar-refractivity contribution in [3.63, 3.8) is 0 Å². The summed E-state index contributed by atoms with van der Waals surface area (Å²) in [6.07, 6.45) is 1.64. The molecule has 2 fully saturated rings. The number of piperazine rings is 1. The van der Waals surface area contributed by atoms with Crippen molar-refractivity contribution in [2.75, 3.05) is 37.6 Å². The number of aromatic amines is 1. The van der Waals surface area contributed by atoms with Crippen LogP contribution in [0.3, 0.4) is 0 Å². The Balaban J connectivity index is 1.35. The second kappa shape index (κ2) is 10.3. The Labute approximate surface area is 227 Å². The van der Waals surface area contributed by atoms with E-state index in [4.69, 9.17) is 9.47 Å². The number of nitrogens with one attached hydrogen (secondary N) is 2. The van der Waals surface area contributed by atoms with E-state index in [1.807, 2.05) is 51.1 Å². The van der Waals surface area contributed by atoms with Crippen LogP contribution < -0.4 is 15.0 Å². The Morgan fingerprint density at radius 1 is 1.15 bits per heavy atom. The van der Waals surface area contributed by atoms with Gasteiger partial charge >= 0.3 is 6.09 Å². The molecule has 2 aromatic carbocycles. The second-order valence-corrected chi connectivity index (χ2v) is 10.8. The zero-order valence-electron chi connectivity index (χ0n) is 22.4. The number of benzene rings is 2. The lowest BCUT2D eigenvalue weighted by atomic mass is 10.0. The smallest absolute Gasteiger partial charge is 0.410 e. The molecule has 2 aliphatic rings. The van der Waals surface area contributed by atoms with Gasteiger partial charge in [-0.3, -0.25) is 4.79 Å². The number of hydrogen-bond donors (Lipinski definition) is 2. The van der Waals surface area contributed by atoms with Crippen molar-refractivity contribution in [1.82, 2.24) is 20.2 Å². The molecule has 1 aromatic heterocycles. The van der Waals surface area contributed by atoms with Gasteiger partial charge in [0.15, 0.2) is 5.75 Å². The monoisotopic (exact) mass is 528 g/mol. The predicted octanol–water partition coefficient (Wildman–Crippen LogP) is 4.19. The Morgan fingerprint density at radius 3 is 2.59 bits per heavy atom. The van der Waals surface area contributed by atoms with Gasteiger partial charge in [0.1, 0.15) is 22.9 Å². The lowest BCUT2D eigenvalue weighted by molar-refractivity contribution is -0.119. The summed E-state index contributed by atoms with van der Waals surface area (Å²) < 4.78 is 11.6. The van der Waals surface area contributed by atoms with Crippen LogP contribution in [0.15, 0.2) is 49.0 Å². The van der Waals surface area contributed by atoms with E-state index >= 15 is 0 Å². The maximum atomic E-state index is 12.4. The van der Waals surface area contributed by atoms with E-state index in [9.17, 15) is 14.9 Å². The maximum Gasteiger partial charge on any atom is 0.410 e. The van der Waals surface area contributed by atoms with E-state index < -0.39 is 5.60 Å².